The molecule has 0 aliphatic heterocycles. The van der Waals surface area contributed by atoms with Crippen molar-refractivity contribution >= 4 is 11.9 Å². The van der Waals surface area contributed by atoms with E-state index >= 15 is 0 Å². The van der Waals surface area contributed by atoms with E-state index in [4.69, 9.17) is 11.5 Å². The molecular formula is C10H19N5. The van der Waals surface area contributed by atoms with Gasteiger partial charge in [0.15, 0.2) is 0 Å². The molecule has 0 aliphatic carbocycles. The van der Waals surface area contributed by atoms with E-state index in [0.717, 1.165) is 6.42 Å². The molecule has 0 fully saturated rings. The van der Waals surface area contributed by atoms with Crippen molar-refractivity contribution in [2.24, 2.45) is 11.3 Å². The molecule has 1 aromatic rings. The minimum atomic E-state index is 0.193. The van der Waals surface area contributed by atoms with Crippen molar-refractivity contribution in [3.63, 3.8) is 0 Å². The van der Waals surface area contributed by atoms with Gasteiger partial charge in [-0.3, -0.25) is 0 Å². The van der Waals surface area contributed by atoms with Crippen molar-refractivity contribution in [2.45, 2.75) is 34.1 Å². The molecule has 0 amide bonds. The van der Waals surface area contributed by atoms with Gasteiger partial charge < -0.3 is 11.5 Å². The van der Waals surface area contributed by atoms with Crippen LogP contribution in [0, 0.1) is 11.3 Å². The van der Waals surface area contributed by atoms with E-state index in [2.05, 4.69) is 42.6 Å². The van der Waals surface area contributed by atoms with Crippen molar-refractivity contribution in [1.29, 1.82) is 0 Å². The van der Waals surface area contributed by atoms with Gasteiger partial charge in [0.2, 0.25) is 11.9 Å². The molecule has 1 heterocycles. The van der Waals surface area contributed by atoms with Crippen molar-refractivity contribution in [3.8, 4) is 0 Å². The van der Waals surface area contributed by atoms with E-state index in [1.807, 2.05) is 0 Å². The zero-order valence-electron chi connectivity index (χ0n) is 9.78. The third-order valence-corrected chi connectivity index (χ3v) is 2.68. The maximum Gasteiger partial charge on any atom is 0.225 e. The zero-order valence-corrected chi connectivity index (χ0v) is 9.78. The van der Waals surface area contributed by atoms with Gasteiger partial charge in [0.25, 0.3) is 0 Å². The van der Waals surface area contributed by atoms with Gasteiger partial charge in [0, 0.05) is 6.42 Å². The quantitative estimate of drug-likeness (QED) is 0.765. The standard InChI is InChI=1S/C10H19N5/c1-6(10(2,3)4)5-7-13-8(11)15-9(12)14-7/h6H,5H2,1-4H3,(H4,11,12,13,14,15). The Bertz CT molecular complexity index is 322. The number of aromatic nitrogens is 3. The minimum Gasteiger partial charge on any atom is -0.368 e. The molecule has 84 valence electrons. The summed E-state index contributed by atoms with van der Waals surface area (Å²) < 4.78 is 0. The molecule has 15 heavy (non-hydrogen) atoms. The van der Waals surface area contributed by atoms with Gasteiger partial charge in [-0.25, -0.2) is 0 Å². The van der Waals surface area contributed by atoms with Gasteiger partial charge in [-0.1, -0.05) is 27.7 Å². The Hall–Kier alpha value is -1.39. The van der Waals surface area contributed by atoms with Gasteiger partial charge in [-0.15, -0.1) is 0 Å². The number of nitrogen functional groups attached to an aromatic ring is 2. The van der Waals surface area contributed by atoms with Crippen LogP contribution in [0.2, 0.25) is 0 Å². The molecule has 1 aromatic heterocycles. The lowest BCUT2D eigenvalue weighted by molar-refractivity contribution is 0.256. The molecule has 0 aromatic carbocycles. The Morgan fingerprint density at radius 3 is 1.93 bits per heavy atom. The van der Waals surface area contributed by atoms with Crippen LogP contribution in [0.5, 0.6) is 0 Å². The van der Waals surface area contributed by atoms with E-state index in [0.29, 0.717) is 11.7 Å². The Balaban J connectivity index is 2.81. The molecule has 0 saturated carbocycles. The normalized spacial score (nSPS) is 13.9. The number of nitrogens with two attached hydrogens (primary N) is 2. The first kappa shape index (κ1) is 11.7. The highest BCUT2D eigenvalue weighted by molar-refractivity contribution is 5.25. The topological polar surface area (TPSA) is 90.7 Å². The van der Waals surface area contributed by atoms with Crippen LogP contribution >= 0.6 is 0 Å². The second kappa shape index (κ2) is 4.00. The fourth-order valence-electron chi connectivity index (χ4n) is 1.13. The monoisotopic (exact) mass is 209 g/mol. The third kappa shape index (κ3) is 3.34. The maximum atomic E-state index is 5.50. The molecule has 0 radical (unpaired) electrons. The van der Waals surface area contributed by atoms with Crippen LogP contribution in [-0.2, 0) is 6.42 Å². The van der Waals surface area contributed by atoms with Crippen LogP contribution in [-0.4, -0.2) is 15.0 Å². The fraction of sp³-hybridized carbons (Fsp3) is 0.700. The largest absolute Gasteiger partial charge is 0.368 e. The van der Waals surface area contributed by atoms with Crippen LogP contribution in [0.4, 0.5) is 11.9 Å². The summed E-state index contributed by atoms with van der Waals surface area (Å²) in [6, 6.07) is 0. The second-order valence-corrected chi connectivity index (χ2v) is 4.94. The first-order valence-electron chi connectivity index (χ1n) is 5.05. The molecule has 1 rings (SSSR count). The van der Waals surface area contributed by atoms with Gasteiger partial charge in [0.05, 0.1) is 0 Å². The summed E-state index contributed by atoms with van der Waals surface area (Å²) in [5.41, 5.74) is 11.2. The van der Waals surface area contributed by atoms with Gasteiger partial charge >= 0.3 is 0 Å². The molecule has 0 aliphatic rings. The van der Waals surface area contributed by atoms with Crippen LogP contribution in [0.25, 0.3) is 0 Å². The lowest BCUT2D eigenvalue weighted by Gasteiger charge is -2.26. The van der Waals surface area contributed by atoms with E-state index in [1.165, 1.54) is 0 Å². The van der Waals surface area contributed by atoms with Gasteiger partial charge in [0.1, 0.15) is 5.82 Å². The summed E-state index contributed by atoms with van der Waals surface area (Å²) in [6.45, 7) is 8.72. The number of hydrogen-bond acceptors (Lipinski definition) is 5. The summed E-state index contributed by atoms with van der Waals surface area (Å²) in [5, 5.41) is 0. The Labute approximate surface area is 90.3 Å². The van der Waals surface area contributed by atoms with E-state index in [-0.39, 0.29) is 17.3 Å². The smallest absolute Gasteiger partial charge is 0.225 e. The van der Waals surface area contributed by atoms with Crippen molar-refractivity contribution in [3.05, 3.63) is 5.82 Å². The van der Waals surface area contributed by atoms with E-state index in [9.17, 15) is 0 Å². The third-order valence-electron chi connectivity index (χ3n) is 2.68. The maximum absolute atomic E-state index is 5.50. The lowest BCUT2D eigenvalue weighted by Crippen LogP contribution is -2.21. The summed E-state index contributed by atoms with van der Waals surface area (Å²) in [4.78, 5) is 11.9. The van der Waals surface area contributed by atoms with Crippen molar-refractivity contribution in [2.75, 3.05) is 11.5 Å². The summed E-state index contributed by atoms with van der Waals surface area (Å²) in [5.74, 6) is 1.51. The van der Waals surface area contributed by atoms with Crippen LogP contribution in [0.1, 0.15) is 33.5 Å². The predicted molar refractivity (Wildman–Crippen MR) is 61.0 cm³/mol. The van der Waals surface area contributed by atoms with E-state index < -0.39 is 0 Å². The highest BCUT2D eigenvalue weighted by atomic mass is 15.1. The van der Waals surface area contributed by atoms with Crippen LogP contribution in [0.15, 0.2) is 0 Å². The Morgan fingerprint density at radius 2 is 1.53 bits per heavy atom. The molecule has 0 bridgehead atoms. The number of rotatable bonds is 2. The van der Waals surface area contributed by atoms with Gasteiger partial charge in [-0.05, 0) is 11.3 Å². The number of hydrogen-bond donors (Lipinski definition) is 2. The molecule has 0 saturated heterocycles. The van der Waals surface area contributed by atoms with Crippen LogP contribution in [0.3, 0.4) is 0 Å². The first-order chi connectivity index (χ1) is 6.79. The molecule has 5 nitrogen and oxygen atoms in total. The minimum absolute atomic E-state index is 0.193. The number of anilines is 2. The summed E-state index contributed by atoms with van der Waals surface area (Å²) in [6.07, 6.45) is 0.764. The summed E-state index contributed by atoms with van der Waals surface area (Å²) in [7, 11) is 0. The molecule has 5 heteroatoms. The lowest BCUT2D eigenvalue weighted by atomic mass is 9.80. The second-order valence-electron chi connectivity index (χ2n) is 4.94. The number of nitrogens with zero attached hydrogens (tertiary/aromatic N) is 3. The molecule has 1 atom stereocenters. The Kier molecular flexibility index (Phi) is 3.12. The highest BCUT2D eigenvalue weighted by Gasteiger charge is 2.21. The van der Waals surface area contributed by atoms with E-state index in [1.54, 1.807) is 0 Å². The molecule has 0 spiro atoms. The average molecular weight is 209 g/mol. The van der Waals surface area contributed by atoms with Crippen molar-refractivity contribution < 1.29 is 0 Å². The highest BCUT2D eigenvalue weighted by Crippen LogP contribution is 2.27. The predicted octanol–water partition coefficient (Wildman–Crippen LogP) is 1.26. The SMILES string of the molecule is CC(Cc1nc(N)nc(N)n1)C(C)(C)C. The molecule has 4 N–H and O–H groups in total. The van der Waals surface area contributed by atoms with Gasteiger partial charge in [-0.2, -0.15) is 15.0 Å². The average Bonchev–Trinajstić information content (AvgIpc) is 1.99. The Morgan fingerprint density at radius 1 is 1.07 bits per heavy atom. The summed E-state index contributed by atoms with van der Waals surface area (Å²) >= 11 is 0. The van der Waals surface area contributed by atoms with Crippen LogP contribution < -0.4 is 11.5 Å². The molecular weight excluding hydrogens is 190 g/mol. The van der Waals surface area contributed by atoms with Crippen molar-refractivity contribution in [1.82, 2.24) is 15.0 Å². The first-order valence-corrected chi connectivity index (χ1v) is 5.05. The fourth-order valence-corrected chi connectivity index (χ4v) is 1.13. The molecule has 1 unspecified atom stereocenters. The zero-order chi connectivity index (χ0) is 11.6.